The van der Waals surface area contributed by atoms with Gasteiger partial charge in [0.15, 0.2) is 0 Å². The number of nitrogens with two attached hydrogens (primary N) is 1. The summed E-state index contributed by atoms with van der Waals surface area (Å²) in [5, 5.41) is 5.37. The lowest BCUT2D eigenvalue weighted by atomic mass is 10.0. The number of carbonyl (C=O) groups is 1. The maximum absolute atomic E-state index is 11.8. The van der Waals surface area contributed by atoms with Crippen LogP contribution in [-0.2, 0) is 11.3 Å². The zero-order valence-corrected chi connectivity index (χ0v) is 11.9. The number of nitrogens with zero attached hydrogens (tertiary/aromatic N) is 1. The van der Waals surface area contributed by atoms with Crippen LogP contribution < -0.4 is 11.1 Å². The molecule has 1 fully saturated rings. The highest BCUT2D eigenvalue weighted by molar-refractivity contribution is 7.09. The third kappa shape index (κ3) is 3.65. The van der Waals surface area contributed by atoms with Crippen LogP contribution in [0.1, 0.15) is 35.3 Å². The first-order valence-electron chi connectivity index (χ1n) is 5.70. The third-order valence-electron chi connectivity index (χ3n) is 2.88. The van der Waals surface area contributed by atoms with Gasteiger partial charge in [0.25, 0.3) is 5.91 Å². The summed E-state index contributed by atoms with van der Waals surface area (Å²) < 4.78 is 5.60. The monoisotopic (exact) mass is 291 g/mol. The summed E-state index contributed by atoms with van der Waals surface area (Å²) in [6.07, 6.45) is 2.04. The Labute approximate surface area is 117 Å². The highest BCUT2D eigenvalue weighted by Gasteiger charge is 2.30. The molecule has 1 aliphatic rings. The summed E-state index contributed by atoms with van der Waals surface area (Å²) in [6.45, 7) is 3.70. The van der Waals surface area contributed by atoms with Crippen LogP contribution >= 0.6 is 23.7 Å². The van der Waals surface area contributed by atoms with E-state index in [9.17, 15) is 4.79 Å². The van der Waals surface area contributed by atoms with E-state index in [0.717, 1.165) is 24.5 Å². The summed E-state index contributed by atoms with van der Waals surface area (Å²) in [7, 11) is 0. The second-order valence-corrected chi connectivity index (χ2v) is 5.36. The number of rotatable bonds is 4. The Bertz CT molecular complexity index is 405. The minimum atomic E-state index is -0.220. The molecule has 7 heteroatoms. The first-order valence-corrected chi connectivity index (χ1v) is 6.57. The second kappa shape index (κ2) is 6.47. The summed E-state index contributed by atoms with van der Waals surface area (Å²) >= 11 is 1.41. The average molecular weight is 292 g/mol. The van der Waals surface area contributed by atoms with E-state index < -0.39 is 0 Å². The van der Waals surface area contributed by atoms with E-state index >= 15 is 0 Å². The number of hydrogen-bond donors (Lipinski definition) is 2. The van der Waals surface area contributed by atoms with Crippen LogP contribution in [0.4, 0.5) is 0 Å². The van der Waals surface area contributed by atoms with Crippen molar-refractivity contribution in [3.63, 3.8) is 0 Å². The molecule has 1 aliphatic heterocycles. The molecule has 102 valence electrons. The molecule has 0 radical (unpaired) electrons. The standard InChI is InChI=1S/C11H17N3O2S.ClH/c1-11(3-2-4-16-11)7-13-10(15)8-6-17-9(5-12)14-8;/h6H,2-5,7,12H2,1H3,(H,13,15);1H. The van der Waals surface area contributed by atoms with E-state index in [1.165, 1.54) is 11.3 Å². The van der Waals surface area contributed by atoms with Gasteiger partial charge >= 0.3 is 0 Å². The number of amides is 1. The molecule has 0 aromatic carbocycles. The molecule has 1 aromatic rings. The van der Waals surface area contributed by atoms with E-state index in [1.807, 2.05) is 6.92 Å². The fourth-order valence-corrected chi connectivity index (χ4v) is 2.50. The topological polar surface area (TPSA) is 77.2 Å². The Morgan fingerprint density at radius 3 is 3.06 bits per heavy atom. The number of carbonyl (C=O) groups excluding carboxylic acids is 1. The fourth-order valence-electron chi connectivity index (χ4n) is 1.84. The van der Waals surface area contributed by atoms with Gasteiger partial charge in [-0.25, -0.2) is 4.98 Å². The molecule has 1 saturated heterocycles. The molecule has 0 aliphatic carbocycles. The minimum absolute atomic E-state index is 0. The maximum atomic E-state index is 11.8. The summed E-state index contributed by atoms with van der Waals surface area (Å²) in [5.74, 6) is -0.155. The van der Waals surface area contributed by atoms with E-state index in [0.29, 0.717) is 18.8 Å². The Balaban J connectivity index is 0.00000162. The molecule has 0 bridgehead atoms. The van der Waals surface area contributed by atoms with Crippen LogP contribution in [0, 0.1) is 0 Å². The number of aromatic nitrogens is 1. The molecule has 18 heavy (non-hydrogen) atoms. The van der Waals surface area contributed by atoms with Crippen LogP contribution in [0.5, 0.6) is 0 Å². The molecule has 2 heterocycles. The van der Waals surface area contributed by atoms with Crippen LogP contribution in [0.3, 0.4) is 0 Å². The van der Waals surface area contributed by atoms with Crippen molar-refractivity contribution < 1.29 is 9.53 Å². The minimum Gasteiger partial charge on any atom is -0.373 e. The van der Waals surface area contributed by atoms with Crippen molar-refractivity contribution >= 4 is 29.7 Å². The largest absolute Gasteiger partial charge is 0.373 e. The third-order valence-corrected chi connectivity index (χ3v) is 3.75. The van der Waals surface area contributed by atoms with Crippen molar-refractivity contribution in [3.8, 4) is 0 Å². The first-order chi connectivity index (χ1) is 8.13. The Morgan fingerprint density at radius 1 is 1.72 bits per heavy atom. The van der Waals surface area contributed by atoms with Gasteiger partial charge in [0, 0.05) is 25.1 Å². The van der Waals surface area contributed by atoms with E-state index in [4.69, 9.17) is 10.5 Å². The molecule has 5 nitrogen and oxygen atoms in total. The molecule has 2 rings (SSSR count). The van der Waals surface area contributed by atoms with Crippen LogP contribution in [0.15, 0.2) is 5.38 Å². The van der Waals surface area contributed by atoms with Gasteiger partial charge in [0.2, 0.25) is 0 Å². The van der Waals surface area contributed by atoms with Gasteiger partial charge in [-0.15, -0.1) is 23.7 Å². The molecule has 3 N–H and O–H groups in total. The Hall–Kier alpha value is -0.690. The van der Waals surface area contributed by atoms with Gasteiger partial charge in [-0.1, -0.05) is 0 Å². The van der Waals surface area contributed by atoms with Crippen LogP contribution in [-0.4, -0.2) is 29.6 Å². The van der Waals surface area contributed by atoms with Crippen LogP contribution in [0.25, 0.3) is 0 Å². The van der Waals surface area contributed by atoms with Crippen molar-refractivity contribution in [3.05, 3.63) is 16.1 Å². The van der Waals surface area contributed by atoms with Crippen molar-refractivity contribution in [1.82, 2.24) is 10.3 Å². The zero-order chi connectivity index (χ0) is 12.3. The first kappa shape index (κ1) is 15.4. The van der Waals surface area contributed by atoms with E-state index in [-0.39, 0.29) is 23.9 Å². The van der Waals surface area contributed by atoms with Gasteiger partial charge in [0.05, 0.1) is 5.60 Å². The molecule has 0 spiro atoms. The lowest BCUT2D eigenvalue weighted by Crippen LogP contribution is -2.40. The molecular weight excluding hydrogens is 274 g/mol. The van der Waals surface area contributed by atoms with Crippen molar-refractivity contribution in [2.75, 3.05) is 13.2 Å². The molecule has 1 atom stereocenters. The lowest BCUT2D eigenvalue weighted by molar-refractivity contribution is 0.0205. The SMILES string of the molecule is CC1(CNC(=O)c2csc(CN)n2)CCCO1.Cl. The van der Waals surface area contributed by atoms with Gasteiger partial charge in [-0.3, -0.25) is 4.79 Å². The Kier molecular flexibility index (Phi) is 5.52. The normalized spacial score (nSPS) is 22.6. The number of nitrogens with one attached hydrogen (secondary N) is 1. The van der Waals surface area contributed by atoms with Crippen molar-refractivity contribution in [1.29, 1.82) is 0 Å². The predicted octanol–water partition coefficient (Wildman–Crippen LogP) is 1.32. The molecule has 1 amide bonds. The van der Waals surface area contributed by atoms with Gasteiger partial charge in [-0.05, 0) is 19.8 Å². The summed E-state index contributed by atoms with van der Waals surface area (Å²) in [6, 6.07) is 0. The number of thiazole rings is 1. The average Bonchev–Trinajstić information content (AvgIpc) is 2.95. The van der Waals surface area contributed by atoms with Gasteiger partial charge in [0.1, 0.15) is 10.7 Å². The number of hydrogen-bond acceptors (Lipinski definition) is 5. The molecule has 1 aromatic heterocycles. The van der Waals surface area contributed by atoms with Gasteiger partial charge in [-0.2, -0.15) is 0 Å². The van der Waals surface area contributed by atoms with E-state index in [2.05, 4.69) is 10.3 Å². The summed E-state index contributed by atoms with van der Waals surface area (Å²) in [4.78, 5) is 15.9. The molecule has 0 saturated carbocycles. The lowest BCUT2D eigenvalue weighted by Gasteiger charge is -2.22. The highest BCUT2D eigenvalue weighted by atomic mass is 35.5. The molecular formula is C11H18ClN3O2S. The van der Waals surface area contributed by atoms with E-state index in [1.54, 1.807) is 5.38 Å². The van der Waals surface area contributed by atoms with Crippen LogP contribution in [0.2, 0.25) is 0 Å². The number of halogens is 1. The molecule has 1 unspecified atom stereocenters. The predicted molar refractivity (Wildman–Crippen MR) is 73.2 cm³/mol. The van der Waals surface area contributed by atoms with Crippen molar-refractivity contribution in [2.45, 2.75) is 31.9 Å². The maximum Gasteiger partial charge on any atom is 0.270 e. The number of ether oxygens (including phenoxy) is 1. The highest BCUT2D eigenvalue weighted by Crippen LogP contribution is 2.24. The second-order valence-electron chi connectivity index (χ2n) is 4.42. The quantitative estimate of drug-likeness (QED) is 0.877. The summed E-state index contributed by atoms with van der Waals surface area (Å²) in [5.41, 5.74) is 5.68. The smallest absolute Gasteiger partial charge is 0.270 e. The zero-order valence-electron chi connectivity index (χ0n) is 10.3. The van der Waals surface area contributed by atoms with Gasteiger partial charge < -0.3 is 15.8 Å². The van der Waals surface area contributed by atoms with Crippen molar-refractivity contribution in [2.24, 2.45) is 5.73 Å². The Morgan fingerprint density at radius 2 is 2.50 bits per heavy atom. The fraction of sp³-hybridized carbons (Fsp3) is 0.636.